The van der Waals surface area contributed by atoms with Gasteiger partial charge in [0.05, 0.1) is 0 Å². The summed E-state index contributed by atoms with van der Waals surface area (Å²) in [5.74, 6) is -1.75. The van der Waals surface area contributed by atoms with Gasteiger partial charge in [-0.1, -0.05) is 20.8 Å². The van der Waals surface area contributed by atoms with Crippen molar-refractivity contribution in [2.45, 2.75) is 77.0 Å². The van der Waals surface area contributed by atoms with Gasteiger partial charge in [0.2, 0.25) is 5.91 Å². The van der Waals surface area contributed by atoms with Crippen LogP contribution in [0.3, 0.4) is 0 Å². The van der Waals surface area contributed by atoms with E-state index in [4.69, 9.17) is 4.74 Å². The second-order valence-electron chi connectivity index (χ2n) is 9.36. The summed E-state index contributed by atoms with van der Waals surface area (Å²) in [5.41, 5.74) is -1.80. The van der Waals surface area contributed by atoms with Gasteiger partial charge in [0.1, 0.15) is 17.7 Å². The lowest BCUT2D eigenvalue weighted by Gasteiger charge is -2.30. The number of hydrogen-bond donors (Lipinski definition) is 4. The molecule has 2 atom stereocenters. The fourth-order valence-corrected chi connectivity index (χ4v) is 3.00. The number of carbonyl (C=O) groups excluding carboxylic acids is 2. The van der Waals surface area contributed by atoms with Gasteiger partial charge in [-0.3, -0.25) is 9.59 Å². The molecule has 0 aliphatic rings. The zero-order valence-corrected chi connectivity index (χ0v) is 19.8. The normalized spacial score (nSPS) is 13.8. The molecule has 1 aromatic heterocycles. The van der Waals surface area contributed by atoms with E-state index in [1.54, 1.807) is 47.6 Å². The number of aromatic nitrogens is 1. The summed E-state index contributed by atoms with van der Waals surface area (Å²) in [6.45, 7) is 10.6. The van der Waals surface area contributed by atoms with Crippen molar-refractivity contribution in [3.05, 3.63) is 28.7 Å². The molecule has 1 heterocycles. The summed E-state index contributed by atoms with van der Waals surface area (Å²) in [6.07, 6.45) is 1.43. The van der Waals surface area contributed by atoms with E-state index in [0.29, 0.717) is 11.3 Å². The largest absolute Gasteiger partial charge is 0.480 e. The van der Waals surface area contributed by atoms with Crippen LogP contribution in [0.5, 0.6) is 0 Å². The second kappa shape index (κ2) is 10.7. The number of carboxylic acid groups (broad SMARTS) is 1. The molecule has 0 spiro atoms. The number of rotatable bonds is 8. The SMILES string of the molecule is CC(C)(C)OC(=O)NCCCC(C(=O)NC(C(=O)O)C(C)(C)C)n1ccc(S)cc1=O. The molecule has 3 N–H and O–H groups in total. The molecule has 0 fully saturated rings. The number of alkyl carbamates (subject to hydrolysis) is 1. The van der Waals surface area contributed by atoms with Crippen LogP contribution in [-0.4, -0.2) is 45.8 Å². The minimum Gasteiger partial charge on any atom is -0.480 e. The van der Waals surface area contributed by atoms with E-state index >= 15 is 0 Å². The van der Waals surface area contributed by atoms with Gasteiger partial charge < -0.3 is 25.0 Å². The first kappa shape index (κ1) is 26.5. The van der Waals surface area contributed by atoms with Crippen molar-refractivity contribution < 1.29 is 24.2 Å². The molecule has 1 aromatic rings. The average molecular weight is 456 g/mol. The van der Waals surface area contributed by atoms with Crippen molar-refractivity contribution in [2.75, 3.05) is 6.54 Å². The number of carbonyl (C=O) groups is 3. The third-order valence-electron chi connectivity index (χ3n) is 4.29. The first-order valence-electron chi connectivity index (χ1n) is 10.0. The van der Waals surface area contributed by atoms with Crippen LogP contribution in [0.15, 0.2) is 28.0 Å². The van der Waals surface area contributed by atoms with Crippen LogP contribution >= 0.6 is 12.6 Å². The van der Waals surface area contributed by atoms with Gasteiger partial charge in [0.15, 0.2) is 0 Å². The molecule has 10 heteroatoms. The van der Waals surface area contributed by atoms with E-state index in [-0.39, 0.29) is 13.0 Å². The molecule has 2 unspecified atom stereocenters. The predicted molar refractivity (Wildman–Crippen MR) is 119 cm³/mol. The van der Waals surface area contributed by atoms with E-state index in [1.807, 2.05) is 0 Å². The highest BCUT2D eigenvalue weighted by Crippen LogP contribution is 2.21. The van der Waals surface area contributed by atoms with Gasteiger partial charge >= 0.3 is 12.1 Å². The first-order valence-corrected chi connectivity index (χ1v) is 10.5. The van der Waals surface area contributed by atoms with Crippen LogP contribution in [0.4, 0.5) is 4.79 Å². The molecule has 0 saturated heterocycles. The molecule has 0 saturated carbocycles. The Balaban J connectivity index is 2.97. The number of thiol groups is 1. The Labute approximate surface area is 188 Å². The quantitative estimate of drug-likeness (QED) is 0.353. The van der Waals surface area contributed by atoms with E-state index < -0.39 is 46.6 Å². The van der Waals surface area contributed by atoms with E-state index in [2.05, 4.69) is 23.3 Å². The highest BCUT2D eigenvalue weighted by atomic mass is 32.1. The number of nitrogens with one attached hydrogen (secondary N) is 2. The Bertz CT molecular complexity index is 854. The summed E-state index contributed by atoms with van der Waals surface area (Å²) < 4.78 is 6.41. The third kappa shape index (κ3) is 9.04. The van der Waals surface area contributed by atoms with Crippen molar-refractivity contribution in [3.63, 3.8) is 0 Å². The fourth-order valence-electron chi connectivity index (χ4n) is 2.82. The third-order valence-corrected chi connectivity index (χ3v) is 4.57. The van der Waals surface area contributed by atoms with Crippen LogP contribution in [-0.2, 0) is 14.3 Å². The highest BCUT2D eigenvalue weighted by molar-refractivity contribution is 7.80. The molecule has 31 heavy (non-hydrogen) atoms. The summed E-state index contributed by atoms with van der Waals surface area (Å²) in [5, 5.41) is 14.7. The van der Waals surface area contributed by atoms with Crippen LogP contribution in [0.1, 0.15) is 60.4 Å². The number of aliphatic carboxylic acids is 1. The Morgan fingerprint density at radius 1 is 1.19 bits per heavy atom. The van der Waals surface area contributed by atoms with Crippen LogP contribution in [0.2, 0.25) is 0 Å². The predicted octanol–water partition coefficient (Wildman–Crippen LogP) is 2.60. The molecule has 174 valence electrons. The van der Waals surface area contributed by atoms with Gasteiger partial charge in [-0.15, -0.1) is 12.6 Å². The van der Waals surface area contributed by atoms with Crippen molar-refractivity contribution in [1.82, 2.24) is 15.2 Å². The van der Waals surface area contributed by atoms with Gasteiger partial charge in [-0.05, 0) is 45.1 Å². The Morgan fingerprint density at radius 2 is 1.81 bits per heavy atom. The minimum absolute atomic E-state index is 0.198. The number of carboxylic acids is 1. The summed E-state index contributed by atoms with van der Waals surface area (Å²) >= 11 is 4.13. The fraction of sp³-hybridized carbons (Fsp3) is 0.619. The molecule has 1 rings (SSSR count). The lowest BCUT2D eigenvalue weighted by molar-refractivity contribution is -0.145. The lowest BCUT2D eigenvalue weighted by Crippen LogP contribution is -2.51. The van der Waals surface area contributed by atoms with Crippen molar-refractivity contribution in [2.24, 2.45) is 5.41 Å². The highest BCUT2D eigenvalue weighted by Gasteiger charge is 2.35. The van der Waals surface area contributed by atoms with Crippen molar-refractivity contribution in [1.29, 1.82) is 0 Å². The molecule has 2 amide bonds. The maximum Gasteiger partial charge on any atom is 0.407 e. The summed E-state index contributed by atoms with van der Waals surface area (Å²) in [6, 6.07) is 0.761. The van der Waals surface area contributed by atoms with Crippen molar-refractivity contribution >= 4 is 30.6 Å². The van der Waals surface area contributed by atoms with Gasteiger partial charge in [-0.25, -0.2) is 9.59 Å². The molecule has 0 bridgehead atoms. The number of ether oxygens (including phenoxy) is 1. The Kier molecular flexibility index (Phi) is 9.16. The van der Waals surface area contributed by atoms with Gasteiger partial charge in [0.25, 0.3) is 5.56 Å². The number of amides is 2. The monoisotopic (exact) mass is 455 g/mol. The smallest absolute Gasteiger partial charge is 0.407 e. The molecule has 0 radical (unpaired) electrons. The standard InChI is InChI=1S/C21H33N3O6S/c1-20(2,3)16(18(27)28)23-17(26)14(24-11-9-13(31)12-15(24)25)8-7-10-22-19(29)30-21(4,5)6/h9,11-12,14,16,31H,7-8,10H2,1-6H3,(H,22,29)(H,23,26)(H,27,28). The Morgan fingerprint density at radius 3 is 2.29 bits per heavy atom. The molecular weight excluding hydrogens is 422 g/mol. The molecular formula is C21H33N3O6S. The first-order chi connectivity index (χ1) is 14.1. The van der Waals surface area contributed by atoms with Crippen LogP contribution in [0.25, 0.3) is 0 Å². The van der Waals surface area contributed by atoms with Crippen LogP contribution in [0, 0.1) is 5.41 Å². The topological polar surface area (TPSA) is 127 Å². The maximum absolute atomic E-state index is 13.0. The van der Waals surface area contributed by atoms with Crippen molar-refractivity contribution in [3.8, 4) is 0 Å². The van der Waals surface area contributed by atoms with Crippen LogP contribution < -0.4 is 16.2 Å². The minimum atomic E-state index is -1.16. The summed E-state index contributed by atoms with van der Waals surface area (Å²) in [4.78, 5) is 49.3. The van der Waals surface area contributed by atoms with Gasteiger partial charge in [0, 0.05) is 23.7 Å². The van der Waals surface area contributed by atoms with E-state index in [0.717, 1.165) is 0 Å². The molecule has 9 nitrogen and oxygen atoms in total. The van der Waals surface area contributed by atoms with Gasteiger partial charge in [-0.2, -0.15) is 0 Å². The van der Waals surface area contributed by atoms with E-state index in [9.17, 15) is 24.3 Å². The number of nitrogens with zero attached hydrogens (tertiary/aromatic N) is 1. The average Bonchev–Trinajstić information content (AvgIpc) is 2.57. The number of pyridine rings is 1. The number of hydrogen-bond acceptors (Lipinski definition) is 6. The van der Waals surface area contributed by atoms with E-state index in [1.165, 1.54) is 16.8 Å². The Hall–Kier alpha value is -2.49. The summed E-state index contributed by atoms with van der Waals surface area (Å²) in [7, 11) is 0. The second-order valence-corrected chi connectivity index (χ2v) is 9.88. The maximum atomic E-state index is 13.0. The zero-order valence-electron chi connectivity index (χ0n) is 18.9. The lowest BCUT2D eigenvalue weighted by atomic mass is 9.86. The molecule has 0 aromatic carbocycles. The zero-order chi connectivity index (χ0) is 24.0. The molecule has 0 aliphatic heterocycles. The molecule has 0 aliphatic carbocycles.